The first-order valence-electron chi connectivity index (χ1n) is 4.72. The van der Waals surface area contributed by atoms with Gasteiger partial charge in [-0.1, -0.05) is 20.3 Å². The van der Waals surface area contributed by atoms with E-state index in [0.29, 0.717) is 13.0 Å². The summed E-state index contributed by atoms with van der Waals surface area (Å²) in [6.07, 6.45) is 2.81. The molecule has 4 heteroatoms. The van der Waals surface area contributed by atoms with Crippen molar-refractivity contribution in [3.8, 4) is 0 Å². The molecule has 0 saturated carbocycles. The van der Waals surface area contributed by atoms with Crippen molar-refractivity contribution in [1.82, 2.24) is 0 Å². The SMILES string of the molecule is CCCOC(=O)C(=CC(=O)O)CCC. The highest BCUT2D eigenvalue weighted by molar-refractivity contribution is 5.95. The van der Waals surface area contributed by atoms with Crippen LogP contribution in [0.5, 0.6) is 0 Å². The van der Waals surface area contributed by atoms with E-state index >= 15 is 0 Å². The first kappa shape index (κ1) is 12.7. The Labute approximate surface area is 83.6 Å². The Morgan fingerprint density at radius 2 is 1.93 bits per heavy atom. The van der Waals surface area contributed by atoms with E-state index in [1.165, 1.54) is 0 Å². The van der Waals surface area contributed by atoms with Gasteiger partial charge in [0.1, 0.15) is 0 Å². The molecule has 0 aromatic heterocycles. The summed E-state index contributed by atoms with van der Waals surface area (Å²) >= 11 is 0. The lowest BCUT2D eigenvalue weighted by atomic mass is 10.1. The Morgan fingerprint density at radius 3 is 2.36 bits per heavy atom. The molecule has 0 fully saturated rings. The van der Waals surface area contributed by atoms with E-state index in [1.54, 1.807) is 0 Å². The van der Waals surface area contributed by atoms with Gasteiger partial charge in [-0.3, -0.25) is 0 Å². The fourth-order valence-electron chi connectivity index (χ4n) is 0.939. The van der Waals surface area contributed by atoms with E-state index in [-0.39, 0.29) is 5.57 Å². The number of esters is 1. The molecular formula is C10H16O4. The minimum absolute atomic E-state index is 0.230. The van der Waals surface area contributed by atoms with Crippen LogP contribution in [-0.4, -0.2) is 23.7 Å². The molecule has 0 amide bonds. The quantitative estimate of drug-likeness (QED) is 0.524. The van der Waals surface area contributed by atoms with Gasteiger partial charge in [0.2, 0.25) is 0 Å². The number of carboxylic acid groups (broad SMARTS) is 1. The van der Waals surface area contributed by atoms with Crippen molar-refractivity contribution in [3.63, 3.8) is 0 Å². The van der Waals surface area contributed by atoms with Crippen molar-refractivity contribution in [2.24, 2.45) is 0 Å². The summed E-state index contributed by atoms with van der Waals surface area (Å²) < 4.78 is 4.84. The molecule has 0 heterocycles. The highest BCUT2D eigenvalue weighted by atomic mass is 16.5. The van der Waals surface area contributed by atoms with Crippen molar-refractivity contribution >= 4 is 11.9 Å². The van der Waals surface area contributed by atoms with Crippen molar-refractivity contribution in [1.29, 1.82) is 0 Å². The molecule has 0 rings (SSSR count). The number of rotatable bonds is 6. The smallest absolute Gasteiger partial charge is 0.334 e. The summed E-state index contributed by atoms with van der Waals surface area (Å²) in [6, 6.07) is 0. The second-order valence-electron chi connectivity index (χ2n) is 2.89. The van der Waals surface area contributed by atoms with Crippen LogP contribution in [0.2, 0.25) is 0 Å². The Bertz CT molecular complexity index is 230. The van der Waals surface area contributed by atoms with Crippen LogP contribution in [-0.2, 0) is 14.3 Å². The molecule has 0 aromatic carbocycles. The monoisotopic (exact) mass is 200 g/mol. The lowest BCUT2D eigenvalue weighted by Crippen LogP contribution is -2.10. The molecule has 0 unspecified atom stereocenters. The molecule has 1 N–H and O–H groups in total. The lowest BCUT2D eigenvalue weighted by Gasteiger charge is -2.05. The van der Waals surface area contributed by atoms with Gasteiger partial charge in [-0.05, 0) is 12.8 Å². The van der Waals surface area contributed by atoms with E-state index in [9.17, 15) is 9.59 Å². The van der Waals surface area contributed by atoms with Crippen molar-refractivity contribution in [2.45, 2.75) is 33.1 Å². The summed E-state index contributed by atoms with van der Waals surface area (Å²) in [5.41, 5.74) is 0.230. The second kappa shape index (κ2) is 7.12. The molecule has 0 aliphatic heterocycles. The molecular weight excluding hydrogens is 184 g/mol. The molecule has 80 valence electrons. The first-order valence-corrected chi connectivity index (χ1v) is 4.72. The maximum Gasteiger partial charge on any atom is 0.334 e. The zero-order valence-electron chi connectivity index (χ0n) is 8.58. The van der Waals surface area contributed by atoms with Gasteiger partial charge in [-0.2, -0.15) is 0 Å². The number of hydrogen-bond donors (Lipinski definition) is 1. The third-order valence-corrected chi connectivity index (χ3v) is 1.52. The highest BCUT2D eigenvalue weighted by Crippen LogP contribution is 2.07. The number of ether oxygens (including phenoxy) is 1. The maximum absolute atomic E-state index is 11.3. The molecule has 0 aromatic rings. The van der Waals surface area contributed by atoms with Crippen LogP contribution < -0.4 is 0 Å². The summed E-state index contributed by atoms with van der Waals surface area (Å²) in [6.45, 7) is 4.09. The predicted molar refractivity (Wildman–Crippen MR) is 51.9 cm³/mol. The lowest BCUT2D eigenvalue weighted by molar-refractivity contribution is -0.140. The molecule has 0 aliphatic carbocycles. The fraction of sp³-hybridized carbons (Fsp3) is 0.600. The molecule has 0 spiro atoms. The second-order valence-corrected chi connectivity index (χ2v) is 2.89. The van der Waals surface area contributed by atoms with Gasteiger partial charge >= 0.3 is 11.9 Å². The van der Waals surface area contributed by atoms with Crippen LogP contribution in [0.4, 0.5) is 0 Å². The molecule has 0 saturated heterocycles. The van der Waals surface area contributed by atoms with E-state index in [0.717, 1.165) is 18.9 Å². The van der Waals surface area contributed by atoms with Crippen LogP contribution in [0.25, 0.3) is 0 Å². The number of hydrogen-bond acceptors (Lipinski definition) is 3. The summed E-state index contributed by atoms with van der Waals surface area (Å²) in [5.74, 6) is -1.63. The normalized spacial score (nSPS) is 11.1. The van der Waals surface area contributed by atoms with Crippen LogP contribution in [0.1, 0.15) is 33.1 Å². The largest absolute Gasteiger partial charge is 0.478 e. The van der Waals surface area contributed by atoms with Gasteiger partial charge in [0.05, 0.1) is 6.61 Å². The first-order chi connectivity index (χ1) is 6.61. The average Bonchev–Trinajstić information content (AvgIpc) is 2.13. The Hall–Kier alpha value is -1.32. The Morgan fingerprint density at radius 1 is 1.29 bits per heavy atom. The molecule has 4 nitrogen and oxygen atoms in total. The molecule has 0 aliphatic rings. The zero-order chi connectivity index (χ0) is 11.0. The zero-order valence-corrected chi connectivity index (χ0v) is 8.58. The molecule has 0 bridgehead atoms. The van der Waals surface area contributed by atoms with Crippen molar-refractivity contribution in [2.75, 3.05) is 6.61 Å². The maximum atomic E-state index is 11.3. The van der Waals surface area contributed by atoms with E-state index < -0.39 is 11.9 Å². The van der Waals surface area contributed by atoms with Gasteiger partial charge in [-0.25, -0.2) is 9.59 Å². The third-order valence-electron chi connectivity index (χ3n) is 1.52. The van der Waals surface area contributed by atoms with Crippen molar-refractivity contribution in [3.05, 3.63) is 11.6 Å². The van der Waals surface area contributed by atoms with Gasteiger partial charge in [0, 0.05) is 11.6 Å². The van der Waals surface area contributed by atoms with Crippen LogP contribution >= 0.6 is 0 Å². The molecule has 0 atom stereocenters. The van der Waals surface area contributed by atoms with Gasteiger partial charge in [-0.15, -0.1) is 0 Å². The van der Waals surface area contributed by atoms with Crippen LogP contribution in [0.15, 0.2) is 11.6 Å². The van der Waals surface area contributed by atoms with Crippen LogP contribution in [0.3, 0.4) is 0 Å². The van der Waals surface area contributed by atoms with Gasteiger partial charge in [0.25, 0.3) is 0 Å². The average molecular weight is 200 g/mol. The summed E-state index contributed by atoms with van der Waals surface area (Å²) in [4.78, 5) is 21.7. The number of carboxylic acids is 1. The number of aliphatic carboxylic acids is 1. The van der Waals surface area contributed by atoms with Gasteiger partial charge < -0.3 is 9.84 Å². The fourth-order valence-corrected chi connectivity index (χ4v) is 0.939. The van der Waals surface area contributed by atoms with Gasteiger partial charge in [0.15, 0.2) is 0 Å². The number of carbonyl (C=O) groups excluding carboxylic acids is 1. The molecule has 14 heavy (non-hydrogen) atoms. The van der Waals surface area contributed by atoms with E-state index in [4.69, 9.17) is 9.84 Å². The topological polar surface area (TPSA) is 63.6 Å². The van der Waals surface area contributed by atoms with Crippen molar-refractivity contribution < 1.29 is 19.4 Å². The predicted octanol–water partition coefficient (Wildman–Crippen LogP) is 1.75. The Balaban J connectivity index is 4.33. The minimum atomic E-state index is -1.11. The Kier molecular flexibility index (Phi) is 6.45. The van der Waals surface area contributed by atoms with E-state index in [2.05, 4.69) is 0 Å². The summed E-state index contributed by atoms with van der Waals surface area (Å²) in [5, 5.41) is 8.50. The summed E-state index contributed by atoms with van der Waals surface area (Å²) in [7, 11) is 0. The standard InChI is InChI=1S/C10H16O4/c1-3-5-8(7-9(11)12)10(13)14-6-4-2/h7H,3-6H2,1-2H3,(H,11,12). The molecule has 0 radical (unpaired) electrons. The number of carbonyl (C=O) groups is 2. The minimum Gasteiger partial charge on any atom is -0.478 e. The van der Waals surface area contributed by atoms with E-state index in [1.807, 2.05) is 13.8 Å². The van der Waals surface area contributed by atoms with Crippen LogP contribution in [0, 0.1) is 0 Å². The third kappa shape index (κ3) is 5.35. The highest BCUT2D eigenvalue weighted by Gasteiger charge is 2.11.